The van der Waals surface area contributed by atoms with E-state index >= 15 is 0 Å². The summed E-state index contributed by atoms with van der Waals surface area (Å²) in [6.07, 6.45) is 3.36. The van der Waals surface area contributed by atoms with Gasteiger partial charge < -0.3 is 4.52 Å². The van der Waals surface area contributed by atoms with Crippen molar-refractivity contribution in [3.05, 3.63) is 12.5 Å². The molecule has 0 N–H and O–H groups in total. The number of rotatable bonds is 2. The summed E-state index contributed by atoms with van der Waals surface area (Å²) >= 11 is 1.73. The van der Waals surface area contributed by atoms with Gasteiger partial charge in [0.25, 0.3) is 0 Å². The number of hydrogen-bond donors (Lipinski definition) is 0. The molecule has 0 aliphatic heterocycles. The molecular weight excluding hydrogens is 122 g/mol. The average molecular weight is 129 g/mol. The minimum atomic E-state index is 1.07. The molecule has 0 spiro atoms. The van der Waals surface area contributed by atoms with Gasteiger partial charge in [-0.3, -0.25) is 0 Å². The Morgan fingerprint density at radius 3 is 3.25 bits per heavy atom. The van der Waals surface area contributed by atoms with Gasteiger partial charge in [0.1, 0.15) is 6.26 Å². The van der Waals surface area contributed by atoms with Crippen molar-refractivity contribution in [2.24, 2.45) is 0 Å². The Bertz CT molecular complexity index is 138. The first kappa shape index (κ1) is 5.69. The monoisotopic (exact) mass is 129 g/mol. The van der Waals surface area contributed by atoms with E-state index < -0.39 is 0 Å². The molecule has 0 unspecified atom stereocenters. The van der Waals surface area contributed by atoms with Crippen molar-refractivity contribution < 1.29 is 4.52 Å². The molecule has 0 radical (unpaired) electrons. The van der Waals surface area contributed by atoms with Crippen molar-refractivity contribution in [1.29, 1.82) is 0 Å². The van der Waals surface area contributed by atoms with Crippen molar-refractivity contribution in [3.63, 3.8) is 0 Å². The summed E-state index contributed by atoms with van der Waals surface area (Å²) in [6.45, 7) is 2.09. The minimum absolute atomic E-state index is 1.07. The van der Waals surface area contributed by atoms with Crippen LogP contribution in [0.15, 0.2) is 21.9 Å². The van der Waals surface area contributed by atoms with Crippen LogP contribution in [0.25, 0.3) is 0 Å². The Hall–Kier alpha value is -0.440. The summed E-state index contributed by atoms with van der Waals surface area (Å²) < 4.78 is 4.60. The normalized spacial score (nSPS) is 9.62. The molecule has 1 aromatic rings. The fraction of sp³-hybridized carbons (Fsp3) is 0.400. The van der Waals surface area contributed by atoms with Crippen molar-refractivity contribution in [3.8, 4) is 0 Å². The highest BCUT2D eigenvalue weighted by Gasteiger charge is 1.90. The predicted molar refractivity (Wildman–Crippen MR) is 32.9 cm³/mol. The van der Waals surface area contributed by atoms with Crippen molar-refractivity contribution in [2.45, 2.75) is 11.8 Å². The molecule has 1 heterocycles. The maximum absolute atomic E-state index is 4.60. The Morgan fingerprint density at radius 2 is 2.75 bits per heavy atom. The van der Waals surface area contributed by atoms with Gasteiger partial charge in [-0.05, 0) is 5.75 Å². The van der Waals surface area contributed by atoms with Crippen LogP contribution in [0, 0.1) is 0 Å². The van der Waals surface area contributed by atoms with Gasteiger partial charge in [-0.25, -0.2) is 0 Å². The van der Waals surface area contributed by atoms with Crippen molar-refractivity contribution in [1.82, 2.24) is 5.16 Å². The molecule has 1 rings (SSSR count). The molecule has 2 nitrogen and oxygen atoms in total. The first-order valence-electron chi connectivity index (χ1n) is 2.45. The molecule has 1 aromatic heterocycles. The van der Waals surface area contributed by atoms with Crippen molar-refractivity contribution >= 4 is 11.8 Å². The van der Waals surface area contributed by atoms with E-state index in [0.717, 1.165) is 10.6 Å². The van der Waals surface area contributed by atoms with Crippen LogP contribution in [0.2, 0.25) is 0 Å². The summed E-state index contributed by atoms with van der Waals surface area (Å²) in [5.74, 6) is 1.07. The second-order valence-electron chi connectivity index (χ2n) is 1.29. The van der Waals surface area contributed by atoms with E-state index in [0.29, 0.717) is 0 Å². The van der Waals surface area contributed by atoms with Crippen LogP contribution in [0.5, 0.6) is 0 Å². The zero-order chi connectivity index (χ0) is 5.82. The lowest BCUT2D eigenvalue weighted by Gasteiger charge is -1.83. The molecule has 44 valence electrons. The van der Waals surface area contributed by atoms with E-state index in [1.165, 1.54) is 0 Å². The van der Waals surface area contributed by atoms with Crippen LogP contribution in [0.1, 0.15) is 6.92 Å². The molecule has 0 bridgehead atoms. The van der Waals surface area contributed by atoms with Crippen LogP contribution < -0.4 is 0 Å². The van der Waals surface area contributed by atoms with Gasteiger partial charge in [0.15, 0.2) is 0 Å². The predicted octanol–water partition coefficient (Wildman–Crippen LogP) is 1.79. The fourth-order valence-corrected chi connectivity index (χ4v) is 0.995. The highest BCUT2D eigenvalue weighted by atomic mass is 32.2. The first-order valence-corrected chi connectivity index (χ1v) is 3.44. The van der Waals surface area contributed by atoms with Gasteiger partial charge >= 0.3 is 0 Å². The lowest BCUT2D eigenvalue weighted by Crippen LogP contribution is -1.62. The van der Waals surface area contributed by atoms with E-state index in [1.807, 2.05) is 0 Å². The van der Waals surface area contributed by atoms with E-state index in [9.17, 15) is 0 Å². The Kier molecular flexibility index (Phi) is 1.97. The van der Waals surface area contributed by atoms with Gasteiger partial charge in [-0.2, -0.15) is 0 Å². The van der Waals surface area contributed by atoms with Crippen LogP contribution in [0.3, 0.4) is 0 Å². The van der Waals surface area contributed by atoms with E-state index in [-0.39, 0.29) is 0 Å². The van der Waals surface area contributed by atoms with Crippen LogP contribution in [-0.4, -0.2) is 10.9 Å². The zero-order valence-electron chi connectivity index (χ0n) is 4.63. The van der Waals surface area contributed by atoms with Gasteiger partial charge in [0.2, 0.25) is 0 Å². The molecule has 0 aliphatic carbocycles. The summed E-state index contributed by atoms with van der Waals surface area (Å²) in [4.78, 5) is 1.10. The van der Waals surface area contributed by atoms with Gasteiger partial charge in [0, 0.05) is 0 Å². The summed E-state index contributed by atoms with van der Waals surface area (Å²) in [5.41, 5.74) is 0. The standard InChI is InChI=1S/C5H7NOS/c1-2-8-5-3-6-7-4-5/h3-4H,2H2,1H3. The summed E-state index contributed by atoms with van der Waals surface area (Å²) in [7, 11) is 0. The molecule has 0 amide bonds. The lowest BCUT2D eigenvalue weighted by molar-refractivity contribution is 0.418. The third kappa shape index (κ3) is 1.26. The molecule has 3 heteroatoms. The van der Waals surface area contributed by atoms with Crippen LogP contribution >= 0.6 is 11.8 Å². The number of thioether (sulfide) groups is 1. The third-order valence-corrected chi connectivity index (χ3v) is 1.54. The quantitative estimate of drug-likeness (QED) is 0.569. The first-order chi connectivity index (χ1) is 3.93. The fourth-order valence-electron chi connectivity index (χ4n) is 0.433. The summed E-state index contributed by atoms with van der Waals surface area (Å²) in [5, 5.41) is 3.54. The maximum atomic E-state index is 4.60. The van der Waals surface area contributed by atoms with E-state index in [1.54, 1.807) is 24.2 Å². The second-order valence-corrected chi connectivity index (χ2v) is 2.63. The van der Waals surface area contributed by atoms with Gasteiger partial charge in [-0.1, -0.05) is 12.1 Å². The van der Waals surface area contributed by atoms with Crippen molar-refractivity contribution in [2.75, 3.05) is 5.75 Å². The van der Waals surface area contributed by atoms with Crippen LogP contribution in [0.4, 0.5) is 0 Å². The zero-order valence-corrected chi connectivity index (χ0v) is 5.44. The third-order valence-electron chi connectivity index (χ3n) is 0.721. The molecule has 8 heavy (non-hydrogen) atoms. The largest absolute Gasteiger partial charge is 0.364 e. The Morgan fingerprint density at radius 1 is 1.88 bits per heavy atom. The van der Waals surface area contributed by atoms with Gasteiger partial charge in [-0.15, -0.1) is 11.8 Å². The van der Waals surface area contributed by atoms with Gasteiger partial charge in [0.05, 0.1) is 11.1 Å². The molecule has 0 saturated carbocycles. The SMILES string of the molecule is CCSc1cnoc1. The second kappa shape index (κ2) is 2.77. The highest BCUT2D eigenvalue weighted by molar-refractivity contribution is 7.99. The number of nitrogens with zero attached hydrogens (tertiary/aromatic N) is 1. The number of aromatic nitrogens is 1. The number of hydrogen-bond acceptors (Lipinski definition) is 3. The van der Waals surface area contributed by atoms with E-state index in [2.05, 4.69) is 16.6 Å². The van der Waals surface area contributed by atoms with E-state index in [4.69, 9.17) is 0 Å². The molecule has 0 fully saturated rings. The minimum Gasteiger partial charge on any atom is -0.364 e. The maximum Gasteiger partial charge on any atom is 0.137 e. The molecule has 0 aromatic carbocycles. The summed E-state index contributed by atoms with van der Waals surface area (Å²) in [6, 6.07) is 0. The van der Waals surface area contributed by atoms with Crippen LogP contribution in [-0.2, 0) is 0 Å². The Balaban J connectivity index is 2.50. The highest BCUT2D eigenvalue weighted by Crippen LogP contribution is 2.14. The molecule has 0 saturated heterocycles. The average Bonchev–Trinajstić information content (AvgIpc) is 2.19. The molecule has 0 aliphatic rings. The molecule has 0 atom stereocenters. The Labute approximate surface area is 52.2 Å². The molecular formula is C5H7NOS. The lowest BCUT2D eigenvalue weighted by atomic mass is 10.8. The smallest absolute Gasteiger partial charge is 0.137 e. The topological polar surface area (TPSA) is 26.0 Å².